The lowest BCUT2D eigenvalue weighted by Gasteiger charge is -1.96. The number of unbranched alkanes of at least 4 members (excludes halogenated alkanes) is 5. The van der Waals surface area contributed by atoms with Crippen molar-refractivity contribution in [2.24, 2.45) is 5.73 Å². The van der Waals surface area contributed by atoms with E-state index in [1.165, 1.54) is 32.1 Å². The van der Waals surface area contributed by atoms with E-state index in [-0.39, 0.29) is 6.04 Å². The Balaban J connectivity index is 3.19. The highest BCUT2D eigenvalue weighted by molar-refractivity contribution is 5.04. The van der Waals surface area contributed by atoms with E-state index in [1.54, 1.807) is 0 Å². The normalized spacial score (nSPS) is 13.7. The van der Waals surface area contributed by atoms with E-state index < -0.39 is 0 Å². The highest BCUT2D eigenvalue weighted by Gasteiger charge is 1.86. The molecule has 1 atom stereocenters. The van der Waals surface area contributed by atoms with Gasteiger partial charge >= 0.3 is 0 Å². The molecule has 0 rings (SSSR count). The summed E-state index contributed by atoms with van der Waals surface area (Å²) in [5.41, 5.74) is 5.57. The lowest BCUT2D eigenvalue weighted by atomic mass is 10.1. The van der Waals surface area contributed by atoms with Gasteiger partial charge in [-0.1, -0.05) is 43.2 Å². The SMILES string of the molecule is C=CCCCCCC/C=C\C=C\[C@H](C)N. The second-order valence-corrected chi connectivity index (χ2v) is 3.95. The molecule has 0 aliphatic rings. The van der Waals surface area contributed by atoms with E-state index in [9.17, 15) is 0 Å². The summed E-state index contributed by atoms with van der Waals surface area (Å²) in [6.07, 6.45) is 17.9. The van der Waals surface area contributed by atoms with Crippen LogP contribution < -0.4 is 5.73 Å². The first-order valence-electron chi connectivity index (χ1n) is 5.97. The van der Waals surface area contributed by atoms with Crippen molar-refractivity contribution in [2.75, 3.05) is 0 Å². The van der Waals surface area contributed by atoms with Gasteiger partial charge in [0.1, 0.15) is 0 Å². The van der Waals surface area contributed by atoms with Gasteiger partial charge in [-0.2, -0.15) is 0 Å². The molecule has 86 valence electrons. The monoisotopic (exact) mass is 207 g/mol. The summed E-state index contributed by atoms with van der Waals surface area (Å²) in [6.45, 7) is 5.69. The zero-order valence-corrected chi connectivity index (χ0v) is 9.99. The van der Waals surface area contributed by atoms with Crippen LogP contribution in [-0.2, 0) is 0 Å². The largest absolute Gasteiger partial charge is 0.325 e. The maximum Gasteiger partial charge on any atom is 0.0197 e. The predicted molar refractivity (Wildman–Crippen MR) is 69.8 cm³/mol. The van der Waals surface area contributed by atoms with Crippen molar-refractivity contribution >= 4 is 0 Å². The first-order chi connectivity index (χ1) is 7.27. The molecular weight excluding hydrogens is 182 g/mol. The molecule has 0 saturated heterocycles. The minimum absolute atomic E-state index is 0.161. The molecule has 0 aromatic rings. The topological polar surface area (TPSA) is 26.0 Å². The predicted octanol–water partition coefficient (Wildman–Crippen LogP) is 3.97. The smallest absolute Gasteiger partial charge is 0.0197 e. The molecular formula is C14H25N. The number of allylic oxidation sites excluding steroid dienone is 4. The average Bonchev–Trinajstić information content (AvgIpc) is 2.20. The van der Waals surface area contributed by atoms with E-state index in [4.69, 9.17) is 5.73 Å². The Kier molecular flexibility index (Phi) is 10.6. The Bertz CT molecular complexity index is 190. The number of hydrogen-bond donors (Lipinski definition) is 1. The highest BCUT2D eigenvalue weighted by Crippen LogP contribution is 2.05. The molecule has 0 fully saturated rings. The standard InChI is InChI=1S/C14H25N/c1-3-4-5-6-7-8-9-10-11-12-13-14(2)15/h3,10-14H,1,4-9,15H2,2H3/b11-10-,13-12+/t14-/m0/s1. The van der Waals surface area contributed by atoms with Crippen LogP contribution in [0.5, 0.6) is 0 Å². The molecule has 2 N–H and O–H groups in total. The Hall–Kier alpha value is -0.820. The molecule has 1 nitrogen and oxygen atoms in total. The number of hydrogen-bond acceptors (Lipinski definition) is 1. The third-order valence-corrected chi connectivity index (χ3v) is 2.19. The summed E-state index contributed by atoms with van der Waals surface area (Å²) in [5.74, 6) is 0. The molecule has 0 aromatic heterocycles. The van der Waals surface area contributed by atoms with Crippen LogP contribution in [0.1, 0.15) is 45.4 Å². The molecule has 0 aliphatic carbocycles. The number of rotatable bonds is 9. The van der Waals surface area contributed by atoms with Gasteiger partial charge in [-0.25, -0.2) is 0 Å². The summed E-state index contributed by atoms with van der Waals surface area (Å²) in [5, 5.41) is 0. The molecule has 0 saturated carbocycles. The molecule has 15 heavy (non-hydrogen) atoms. The van der Waals surface area contributed by atoms with Crippen molar-refractivity contribution in [2.45, 2.75) is 51.5 Å². The third kappa shape index (κ3) is 13.2. The van der Waals surface area contributed by atoms with Crippen LogP contribution in [0.3, 0.4) is 0 Å². The van der Waals surface area contributed by atoms with Crippen molar-refractivity contribution in [1.82, 2.24) is 0 Å². The maximum atomic E-state index is 5.57. The quantitative estimate of drug-likeness (QED) is 0.345. The van der Waals surface area contributed by atoms with Gasteiger partial charge in [0.2, 0.25) is 0 Å². The van der Waals surface area contributed by atoms with Crippen molar-refractivity contribution in [3.8, 4) is 0 Å². The molecule has 0 spiro atoms. The van der Waals surface area contributed by atoms with Crippen molar-refractivity contribution in [3.05, 3.63) is 37.0 Å². The van der Waals surface area contributed by atoms with Gasteiger partial charge in [0.25, 0.3) is 0 Å². The lowest BCUT2D eigenvalue weighted by molar-refractivity contribution is 0.652. The van der Waals surface area contributed by atoms with Gasteiger partial charge in [-0.05, 0) is 32.6 Å². The molecule has 0 heterocycles. The fraction of sp³-hybridized carbons (Fsp3) is 0.571. The van der Waals surface area contributed by atoms with E-state index in [2.05, 4.69) is 18.7 Å². The second-order valence-electron chi connectivity index (χ2n) is 3.95. The van der Waals surface area contributed by atoms with Crippen LogP contribution in [0.4, 0.5) is 0 Å². The fourth-order valence-corrected chi connectivity index (χ4v) is 1.32. The van der Waals surface area contributed by atoms with Crippen LogP contribution in [0, 0.1) is 0 Å². The summed E-state index contributed by atoms with van der Waals surface area (Å²) >= 11 is 0. The minimum atomic E-state index is 0.161. The van der Waals surface area contributed by atoms with Gasteiger partial charge in [-0.3, -0.25) is 0 Å². The molecule has 0 aromatic carbocycles. The summed E-state index contributed by atoms with van der Waals surface area (Å²) in [6, 6.07) is 0.161. The zero-order chi connectivity index (χ0) is 11.4. The summed E-state index contributed by atoms with van der Waals surface area (Å²) < 4.78 is 0. The van der Waals surface area contributed by atoms with Crippen LogP contribution in [0.2, 0.25) is 0 Å². The van der Waals surface area contributed by atoms with E-state index in [0.717, 1.165) is 6.42 Å². The lowest BCUT2D eigenvalue weighted by Crippen LogP contribution is -2.09. The Morgan fingerprint density at radius 2 is 1.73 bits per heavy atom. The molecule has 0 radical (unpaired) electrons. The summed E-state index contributed by atoms with van der Waals surface area (Å²) in [7, 11) is 0. The van der Waals surface area contributed by atoms with Crippen LogP contribution in [0.15, 0.2) is 37.0 Å². The van der Waals surface area contributed by atoms with Crippen LogP contribution in [0.25, 0.3) is 0 Å². The molecule has 0 unspecified atom stereocenters. The van der Waals surface area contributed by atoms with Crippen molar-refractivity contribution < 1.29 is 0 Å². The second kappa shape index (κ2) is 11.3. The Morgan fingerprint density at radius 3 is 2.33 bits per heavy atom. The van der Waals surface area contributed by atoms with Gasteiger partial charge < -0.3 is 5.73 Å². The van der Waals surface area contributed by atoms with Crippen LogP contribution in [-0.4, -0.2) is 6.04 Å². The van der Waals surface area contributed by atoms with Gasteiger partial charge in [0.05, 0.1) is 0 Å². The fourth-order valence-electron chi connectivity index (χ4n) is 1.32. The zero-order valence-electron chi connectivity index (χ0n) is 9.99. The molecule has 0 bridgehead atoms. The van der Waals surface area contributed by atoms with Gasteiger partial charge in [-0.15, -0.1) is 6.58 Å². The van der Waals surface area contributed by atoms with E-state index in [0.29, 0.717) is 0 Å². The number of nitrogens with two attached hydrogens (primary N) is 1. The van der Waals surface area contributed by atoms with Crippen molar-refractivity contribution in [3.63, 3.8) is 0 Å². The Morgan fingerprint density at radius 1 is 1.07 bits per heavy atom. The first kappa shape index (κ1) is 14.2. The summed E-state index contributed by atoms with van der Waals surface area (Å²) in [4.78, 5) is 0. The minimum Gasteiger partial charge on any atom is -0.325 e. The van der Waals surface area contributed by atoms with Gasteiger partial charge in [0, 0.05) is 6.04 Å². The van der Waals surface area contributed by atoms with Crippen LogP contribution >= 0.6 is 0 Å². The molecule has 1 heteroatoms. The molecule has 0 aliphatic heterocycles. The Labute approximate surface area is 94.8 Å². The highest BCUT2D eigenvalue weighted by atomic mass is 14.6. The average molecular weight is 207 g/mol. The maximum absolute atomic E-state index is 5.57. The first-order valence-corrected chi connectivity index (χ1v) is 5.97. The third-order valence-electron chi connectivity index (χ3n) is 2.19. The van der Waals surface area contributed by atoms with E-state index >= 15 is 0 Å². The van der Waals surface area contributed by atoms with Crippen molar-refractivity contribution in [1.29, 1.82) is 0 Å². The van der Waals surface area contributed by atoms with Gasteiger partial charge in [0.15, 0.2) is 0 Å². The van der Waals surface area contributed by atoms with E-state index in [1.807, 2.05) is 25.2 Å². The molecule has 0 amide bonds.